The molecule has 1 aliphatic rings. The number of carbonyl (C=O) groups is 2. The van der Waals surface area contributed by atoms with Crippen molar-refractivity contribution in [3.63, 3.8) is 0 Å². The molecule has 1 N–H and O–H groups in total. The molecule has 2 amide bonds. The number of rotatable bonds is 5. The number of benzene rings is 1. The molecule has 4 nitrogen and oxygen atoms in total. The van der Waals surface area contributed by atoms with Gasteiger partial charge in [-0.2, -0.15) is 0 Å². The molecule has 126 valence electrons. The number of hydrogen-bond acceptors (Lipinski definition) is 2. The fraction of sp³-hybridized carbons (Fsp3) is 0.529. The van der Waals surface area contributed by atoms with Gasteiger partial charge >= 0.3 is 0 Å². The molecule has 0 bridgehead atoms. The van der Waals surface area contributed by atoms with E-state index in [9.17, 15) is 9.59 Å². The molecular weight excluding hydrogens is 335 g/mol. The van der Waals surface area contributed by atoms with E-state index in [1.807, 2.05) is 0 Å². The number of halogens is 2. The molecule has 0 heterocycles. The number of amides is 2. The molecule has 1 saturated carbocycles. The molecule has 0 unspecified atom stereocenters. The van der Waals surface area contributed by atoms with Gasteiger partial charge < -0.3 is 10.2 Å². The molecule has 0 spiro atoms. The minimum Gasteiger partial charge on any atom is -0.353 e. The van der Waals surface area contributed by atoms with Gasteiger partial charge in [0, 0.05) is 31.6 Å². The maximum Gasteiger partial charge on any atom is 0.223 e. The third-order valence-corrected chi connectivity index (χ3v) is 4.87. The predicted octanol–water partition coefficient (Wildman–Crippen LogP) is 4.19. The van der Waals surface area contributed by atoms with E-state index in [2.05, 4.69) is 5.32 Å². The molecule has 1 fully saturated rings. The van der Waals surface area contributed by atoms with Crippen molar-refractivity contribution < 1.29 is 9.59 Å². The van der Waals surface area contributed by atoms with Crippen molar-refractivity contribution in [1.82, 2.24) is 5.32 Å². The lowest BCUT2D eigenvalue weighted by molar-refractivity contribution is -0.121. The monoisotopic (exact) mass is 356 g/mol. The first-order valence-electron chi connectivity index (χ1n) is 8.00. The van der Waals surface area contributed by atoms with Gasteiger partial charge in [-0.05, 0) is 31.0 Å². The summed E-state index contributed by atoms with van der Waals surface area (Å²) in [5.41, 5.74) is 0.650. The summed E-state index contributed by atoms with van der Waals surface area (Å²) in [6, 6.07) is 5.31. The maximum absolute atomic E-state index is 12.1. The van der Waals surface area contributed by atoms with Gasteiger partial charge in [-0.15, -0.1) is 0 Å². The van der Waals surface area contributed by atoms with Crippen LogP contribution in [0.25, 0.3) is 0 Å². The van der Waals surface area contributed by atoms with Crippen LogP contribution >= 0.6 is 23.2 Å². The first kappa shape index (κ1) is 18.1. The van der Waals surface area contributed by atoms with Gasteiger partial charge in [-0.3, -0.25) is 9.59 Å². The first-order chi connectivity index (χ1) is 11.0. The van der Waals surface area contributed by atoms with E-state index in [-0.39, 0.29) is 24.3 Å². The van der Waals surface area contributed by atoms with Crippen molar-refractivity contribution >= 4 is 40.7 Å². The van der Waals surface area contributed by atoms with Gasteiger partial charge in [-0.1, -0.05) is 42.5 Å². The van der Waals surface area contributed by atoms with Crippen LogP contribution in [-0.4, -0.2) is 24.4 Å². The molecule has 2 rings (SSSR count). The zero-order chi connectivity index (χ0) is 16.8. The molecule has 0 aromatic heterocycles. The number of anilines is 1. The number of carbonyl (C=O) groups excluding carboxylic acids is 2. The zero-order valence-electron chi connectivity index (χ0n) is 13.3. The molecule has 1 aromatic carbocycles. The Morgan fingerprint density at radius 3 is 2.48 bits per heavy atom. The van der Waals surface area contributed by atoms with E-state index in [1.54, 1.807) is 23.1 Å². The van der Waals surface area contributed by atoms with E-state index in [4.69, 9.17) is 23.2 Å². The molecule has 0 atom stereocenters. The van der Waals surface area contributed by atoms with Crippen LogP contribution in [-0.2, 0) is 9.59 Å². The molecular formula is C17H22Cl2N2O2. The number of hydrogen-bond donors (Lipinski definition) is 1. The van der Waals surface area contributed by atoms with Crippen molar-refractivity contribution in [2.75, 3.05) is 11.4 Å². The Morgan fingerprint density at radius 1 is 1.17 bits per heavy atom. The Morgan fingerprint density at radius 2 is 1.87 bits per heavy atom. The lowest BCUT2D eigenvalue weighted by atomic mass is 9.95. The molecule has 0 radical (unpaired) electrons. The fourth-order valence-electron chi connectivity index (χ4n) is 2.88. The second-order valence-electron chi connectivity index (χ2n) is 5.92. The van der Waals surface area contributed by atoms with Crippen molar-refractivity contribution in [2.24, 2.45) is 0 Å². The zero-order valence-corrected chi connectivity index (χ0v) is 14.8. The molecule has 23 heavy (non-hydrogen) atoms. The third kappa shape index (κ3) is 5.40. The minimum absolute atomic E-state index is 0.0109. The summed E-state index contributed by atoms with van der Waals surface area (Å²) in [4.78, 5) is 25.5. The second-order valence-corrected chi connectivity index (χ2v) is 6.74. The van der Waals surface area contributed by atoms with Crippen LogP contribution in [0.4, 0.5) is 5.69 Å². The third-order valence-electron chi connectivity index (χ3n) is 4.13. The lowest BCUT2D eigenvalue weighted by Gasteiger charge is -2.24. The Hall–Kier alpha value is -1.26. The second kappa shape index (κ2) is 8.55. The summed E-state index contributed by atoms with van der Waals surface area (Å²) < 4.78 is 0. The van der Waals surface area contributed by atoms with Crippen LogP contribution in [0.2, 0.25) is 10.0 Å². The SMILES string of the molecule is CC(=O)N(CCC(=O)NC1CCCCC1)c1ccc(Cl)c(Cl)c1. The van der Waals surface area contributed by atoms with E-state index < -0.39 is 0 Å². The van der Waals surface area contributed by atoms with Gasteiger partial charge in [0.25, 0.3) is 0 Å². The highest BCUT2D eigenvalue weighted by atomic mass is 35.5. The van der Waals surface area contributed by atoms with Crippen LogP contribution in [0.1, 0.15) is 45.4 Å². The van der Waals surface area contributed by atoms with Crippen LogP contribution in [0.3, 0.4) is 0 Å². The van der Waals surface area contributed by atoms with Crippen molar-refractivity contribution in [1.29, 1.82) is 0 Å². The van der Waals surface area contributed by atoms with Gasteiger partial charge in [0.15, 0.2) is 0 Å². The van der Waals surface area contributed by atoms with Gasteiger partial charge in [-0.25, -0.2) is 0 Å². The molecule has 1 aliphatic carbocycles. The molecule has 0 saturated heterocycles. The molecule has 6 heteroatoms. The highest BCUT2D eigenvalue weighted by Gasteiger charge is 2.18. The Bertz CT molecular complexity index is 572. The predicted molar refractivity (Wildman–Crippen MR) is 94.1 cm³/mol. The summed E-state index contributed by atoms with van der Waals surface area (Å²) in [6.07, 6.45) is 5.98. The summed E-state index contributed by atoms with van der Waals surface area (Å²) in [6.45, 7) is 1.80. The normalized spacial score (nSPS) is 15.3. The van der Waals surface area contributed by atoms with E-state index in [1.165, 1.54) is 26.2 Å². The Labute approximate surface area is 147 Å². The summed E-state index contributed by atoms with van der Waals surface area (Å²) >= 11 is 11.9. The van der Waals surface area contributed by atoms with Gasteiger partial charge in [0.2, 0.25) is 11.8 Å². The number of nitrogens with zero attached hydrogens (tertiary/aromatic N) is 1. The Kier molecular flexibility index (Phi) is 6.72. The van der Waals surface area contributed by atoms with Gasteiger partial charge in [0.05, 0.1) is 10.0 Å². The largest absolute Gasteiger partial charge is 0.353 e. The summed E-state index contributed by atoms with van der Waals surface area (Å²) in [5.74, 6) is -0.142. The first-order valence-corrected chi connectivity index (χ1v) is 8.75. The standard InChI is InChI=1S/C17H22Cl2N2O2/c1-12(22)21(14-7-8-15(18)16(19)11-14)10-9-17(23)20-13-5-3-2-4-6-13/h7-8,11,13H,2-6,9-10H2,1H3,(H,20,23). The van der Waals surface area contributed by atoms with Crippen LogP contribution < -0.4 is 10.2 Å². The fourth-order valence-corrected chi connectivity index (χ4v) is 3.17. The van der Waals surface area contributed by atoms with Crippen molar-refractivity contribution in [3.8, 4) is 0 Å². The highest BCUT2D eigenvalue weighted by molar-refractivity contribution is 6.42. The van der Waals surface area contributed by atoms with E-state index >= 15 is 0 Å². The Balaban J connectivity index is 1.92. The molecule has 0 aliphatic heterocycles. The van der Waals surface area contributed by atoms with Crippen molar-refractivity contribution in [3.05, 3.63) is 28.2 Å². The maximum atomic E-state index is 12.1. The smallest absolute Gasteiger partial charge is 0.223 e. The molecule has 1 aromatic rings. The summed E-state index contributed by atoms with van der Waals surface area (Å²) in [7, 11) is 0. The van der Waals surface area contributed by atoms with Gasteiger partial charge in [0.1, 0.15) is 0 Å². The van der Waals surface area contributed by atoms with Crippen molar-refractivity contribution in [2.45, 2.75) is 51.5 Å². The van der Waals surface area contributed by atoms with Crippen LogP contribution in [0, 0.1) is 0 Å². The van der Waals surface area contributed by atoms with Crippen LogP contribution in [0.15, 0.2) is 18.2 Å². The highest BCUT2D eigenvalue weighted by Crippen LogP contribution is 2.27. The minimum atomic E-state index is -0.131. The van der Waals surface area contributed by atoms with E-state index in [0.717, 1.165) is 12.8 Å². The van der Waals surface area contributed by atoms with Crippen LogP contribution in [0.5, 0.6) is 0 Å². The average Bonchev–Trinajstić information content (AvgIpc) is 2.51. The topological polar surface area (TPSA) is 49.4 Å². The van der Waals surface area contributed by atoms with E-state index in [0.29, 0.717) is 22.3 Å². The summed E-state index contributed by atoms with van der Waals surface area (Å²) in [5, 5.41) is 3.89. The lowest BCUT2D eigenvalue weighted by Crippen LogP contribution is -2.39. The number of nitrogens with one attached hydrogen (secondary N) is 1. The quantitative estimate of drug-likeness (QED) is 0.859. The average molecular weight is 357 g/mol.